The van der Waals surface area contributed by atoms with E-state index in [1.165, 1.54) is 13.8 Å². The number of nitriles is 1. The molecule has 0 fully saturated rings. The Kier molecular flexibility index (Phi) is 4.42. The van der Waals surface area contributed by atoms with Crippen LogP contribution in [0.5, 0.6) is 0 Å². The van der Waals surface area contributed by atoms with Crippen LogP contribution in [0.15, 0.2) is 23.1 Å². The Hall–Kier alpha value is -2.05. The molecule has 0 amide bonds. The predicted molar refractivity (Wildman–Crippen MR) is 67.6 cm³/mol. The van der Waals surface area contributed by atoms with Crippen molar-refractivity contribution in [1.82, 2.24) is 4.72 Å². The number of nitrogens with zero attached hydrogens (tertiary/aromatic N) is 2. The van der Waals surface area contributed by atoms with E-state index in [-0.39, 0.29) is 6.54 Å². The van der Waals surface area contributed by atoms with Gasteiger partial charge in [-0.15, -0.1) is 0 Å². The summed E-state index contributed by atoms with van der Waals surface area (Å²) in [6.07, 6.45) is 0. The van der Waals surface area contributed by atoms with Gasteiger partial charge in [0.25, 0.3) is 0 Å². The minimum atomic E-state index is -4.28. The molecule has 0 atom stereocenters. The molecule has 1 N–H and O–H groups in total. The molecule has 1 aromatic rings. The fourth-order valence-corrected chi connectivity index (χ4v) is 2.67. The van der Waals surface area contributed by atoms with Gasteiger partial charge in [-0.1, -0.05) is 6.07 Å². The van der Waals surface area contributed by atoms with Gasteiger partial charge in [0.05, 0.1) is 16.4 Å². The van der Waals surface area contributed by atoms with E-state index in [1.54, 1.807) is 0 Å². The summed E-state index contributed by atoms with van der Waals surface area (Å²) in [5.74, 6) is -1.24. The van der Waals surface area contributed by atoms with Gasteiger partial charge in [0, 0.05) is 6.54 Å². The second-order valence-electron chi connectivity index (χ2n) is 4.66. The van der Waals surface area contributed by atoms with Crippen molar-refractivity contribution in [3.63, 3.8) is 0 Å². The topological polar surface area (TPSA) is 113 Å². The second kappa shape index (κ2) is 5.52. The van der Waals surface area contributed by atoms with Crippen LogP contribution in [-0.2, 0) is 10.0 Å². The SMILES string of the molecule is CC(C)(C#N)CNS(=O)(=O)c1cccc(F)c1[N+](=O)[O-]. The van der Waals surface area contributed by atoms with Crippen molar-refractivity contribution in [1.29, 1.82) is 5.26 Å². The number of hydrogen-bond donors (Lipinski definition) is 1. The Balaban J connectivity index is 3.21. The van der Waals surface area contributed by atoms with Crippen LogP contribution < -0.4 is 4.72 Å². The summed E-state index contributed by atoms with van der Waals surface area (Å²) in [4.78, 5) is 8.90. The molecule has 1 aromatic carbocycles. The lowest BCUT2D eigenvalue weighted by Crippen LogP contribution is -2.33. The summed E-state index contributed by atoms with van der Waals surface area (Å²) in [6, 6.07) is 4.68. The van der Waals surface area contributed by atoms with Gasteiger partial charge in [0.1, 0.15) is 0 Å². The largest absolute Gasteiger partial charge is 0.324 e. The van der Waals surface area contributed by atoms with Gasteiger partial charge in [-0.25, -0.2) is 13.1 Å². The highest BCUT2D eigenvalue weighted by Crippen LogP contribution is 2.26. The van der Waals surface area contributed by atoms with Crippen LogP contribution in [0.4, 0.5) is 10.1 Å². The third-order valence-corrected chi connectivity index (χ3v) is 3.86. The maximum atomic E-state index is 13.4. The van der Waals surface area contributed by atoms with Crippen LogP contribution in [0.25, 0.3) is 0 Å². The van der Waals surface area contributed by atoms with Crippen molar-refractivity contribution < 1.29 is 17.7 Å². The lowest BCUT2D eigenvalue weighted by atomic mass is 9.97. The van der Waals surface area contributed by atoms with Gasteiger partial charge in [-0.2, -0.15) is 9.65 Å². The summed E-state index contributed by atoms with van der Waals surface area (Å²) in [6.45, 7) is 2.74. The Morgan fingerprint density at radius 3 is 2.60 bits per heavy atom. The van der Waals surface area contributed by atoms with E-state index in [9.17, 15) is 22.9 Å². The average Bonchev–Trinajstić information content (AvgIpc) is 2.36. The third-order valence-electron chi connectivity index (χ3n) is 2.43. The molecule has 0 heterocycles. The zero-order valence-electron chi connectivity index (χ0n) is 10.8. The quantitative estimate of drug-likeness (QED) is 0.655. The Labute approximate surface area is 115 Å². The second-order valence-corrected chi connectivity index (χ2v) is 6.40. The minimum absolute atomic E-state index is 0.250. The molecule has 0 aliphatic rings. The molecule has 0 unspecified atom stereocenters. The van der Waals surface area contributed by atoms with Crippen molar-refractivity contribution in [2.24, 2.45) is 5.41 Å². The first-order valence-corrected chi connectivity index (χ1v) is 6.93. The lowest BCUT2D eigenvalue weighted by Gasteiger charge is -2.16. The lowest BCUT2D eigenvalue weighted by molar-refractivity contribution is -0.390. The van der Waals surface area contributed by atoms with Crippen molar-refractivity contribution in [2.75, 3.05) is 6.54 Å². The summed E-state index contributed by atoms with van der Waals surface area (Å²) in [7, 11) is -4.28. The number of benzene rings is 1. The molecule has 20 heavy (non-hydrogen) atoms. The number of nitro groups is 1. The van der Waals surface area contributed by atoms with E-state index in [1.807, 2.05) is 6.07 Å². The highest BCUT2D eigenvalue weighted by atomic mass is 32.2. The zero-order chi connectivity index (χ0) is 15.6. The van der Waals surface area contributed by atoms with Crippen molar-refractivity contribution in [3.05, 3.63) is 34.1 Å². The summed E-state index contributed by atoms with van der Waals surface area (Å²) in [5.41, 5.74) is -2.11. The molecule has 0 saturated heterocycles. The van der Waals surface area contributed by atoms with E-state index in [4.69, 9.17) is 5.26 Å². The minimum Gasteiger partial charge on any atom is -0.258 e. The fraction of sp³-hybridized carbons (Fsp3) is 0.364. The van der Waals surface area contributed by atoms with E-state index in [0.717, 1.165) is 18.2 Å². The molecule has 9 heteroatoms. The van der Waals surface area contributed by atoms with Gasteiger partial charge in [0.2, 0.25) is 15.8 Å². The molecule has 0 aliphatic carbocycles. The first-order chi connectivity index (χ1) is 9.10. The van der Waals surface area contributed by atoms with Crippen LogP contribution >= 0.6 is 0 Å². The number of halogens is 1. The number of nitro benzene ring substituents is 1. The Morgan fingerprint density at radius 1 is 1.50 bits per heavy atom. The maximum absolute atomic E-state index is 13.4. The summed E-state index contributed by atoms with van der Waals surface area (Å²) in [5, 5.41) is 19.6. The summed E-state index contributed by atoms with van der Waals surface area (Å²) >= 11 is 0. The van der Waals surface area contributed by atoms with Crippen LogP contribution in [-0.4, -0.2) is 19.9 Å². The smallest absolute Gasteiger partial charge is 0.258 e. The zero-order valence-corrected chi connectivity index (χ0v) is 11.6. The predicted octanol–water partition coefficient (Wildman–Crippen LogP) is 1.56. The number of para-hydroxylation sites is 1. The molecule has 0 spiro atoms. The molecular formula is C11H12FN3O4S. The number of hydrogen-bond acceptors (Lipinski definition) is 5. The van der Waals surface area contributed by atoms with Crippen LogP contribution in [0.1, 0.15) is 13.8 Å². The van der Waals surface area contributed by atoms with Crippen LogP contribution in [0.2, 0.25) is 0 Å². The van der Waals surface area contributed by atoms with Crippen LogP contribution in [0, 0.1) is 32.7 Å². The third kappa shape index (κ3) is 3.49. The Morgan fingerprint density at radius 2 is 2.10 bits per heavy atom. The average molecular weight is 301 g/mol. The number of nitrogens with one attached hydrogen (secondary N) is 1. The summed E-state index contributed by atoms with van der Waals surface area (Å²) < 4.78 is 39.4. The molecule has 0 aromatic heterocycles. The van der Waals surface area contributed by atoms with Crippen molar-refractivity contribution >= 4 is 15.7 Å². The Bertz CT molecular complexity index is 679. The first-order valence-electron chi connectivity index (χ1n) is 5.44. The molecule has 0 bridgehead atoms. The molecule has 1 rings (SSSR count). The van der Waals surface area contributed by atoms with Gasteiger partial charge in [0.15, 0.2) is 4.90 Å². The van der Waals surface area contributed by atoms with Gasteiger partial charge in [-0.3, -0.25) is 10.1 Å². The number of rotatable bonds is 5. The highest BCUT2D eigenvalue weighted by Gasteiger charge is 2.30. The molecule has 0 saturated carbocycles. The molecular weight excluding hydrogens is 289 g/mol. The van der Waals surface area contributed by atoms with Gasteiger partial charge in [-0.05, 0) is 26.0 Å². The maximum Gasteiger partial charge on any atom is 0.324 e. The monoisotopic (exact) mass is 301 g/mol. The van der Waals surface area contributed by atoms with Crippen LogP contribution in [0.3, 0.4) is 0 Å². The number of sulfonamides is 1. The normalized spacial score (nSPS) is 11.9. The highest BCUT2D eigenvalue weighted by molar-refractivity contribution is 7.89. The van der Waals surface area contributed by atoms with Gasteiger partial charge < -0.3 is 0 Å². The van der Waals surface area contributed by atoms with Crippen molar-refractivity contribution in [2.45, 2.75) is 18.7 Å². The first kappa shape index (κ1) is 16.0. The van der Waals surface area contributed by atoms with E-state index >= 15 is 0 Å². The molecule has 7 nitrogen and oxygen atoms in total. The van der Waals surface area contributed by atoms with E-state index < -0.39 is 36.8 Å². The molecule has 0 radical (unpaired) electrons. The molecule has 108 valence electrons. The van der Waals surface area contributed by atoms with Crippen molar-refractivity contribution in [3.8, 4) is 6.07 Å². The van der Waals surface area contributed by atoms with E-state index in [0.29, 0.717) is 0 Å². The fourth-order valence-electron chi connectivity index (χ4n) is 1.28. The molecule has 0 aliphatic heterocycles. The van der Waals surface area contributed by atoms with E-state index in [2.05, 4.69) is 4.72 Å². The van der Waals surface area contributed by atoms with Gasteiger partial charge >= 0.3 is 5.69 Å². The standard InChI is InChI=1S/C11H12FN3O4S/c1-11(2,6-13)7-14-20(18,19)9-5-3-4-8(12)10(9)15(16)17/h3-5,14H,7H2,1-2H3.